The van der Waals surface area contributed by atoms with E-state index in [1.807, 2.05) is 91.0 Å². The van der Waals surface area contributed by atoms with Gasteiger partial charge in [-0.3, -0.25) is 4.18 Å². The van der Waals surface area contributed by atoms with Crippen molar-refractivity contribution >= 4 is 16.2 Å². The van der Waals surface area contributed by atoms with E-state index in [4.69, 9.17) is 23.1 Å². The summed E-state index contributed by atoms with van der Waals surface area (Å²) in [5.41, 5.74) is 2.10. The highest BCUT2D eigenvalue weighted by Crippen LogP contribution is 2.21. The lowest BCUT2D eigenvalue weighted by atomic mass is 10.0. The van der Waals surface area contributed by atoms with Gasteiger partial charge in [0.2, 0.25) is 0 Å². The Kier molecular flexibility index (Phi) is 13.6. The number of nitrogens with one attached hydrogen (secondary N) is 1. The van der Waals surface area contributed by atoms with Crippen molar-refractivity contribution in [3.05, 3.63) is 108 Å². The molecule has 10 heteroatoms. The maximum absolute atomic E-state index is 12.4. The van der Waals surface area contributed by atoms with Gasteiger partial charge in [0.25, 0.3) is 10.1 Å². The Morgan fingerprint density at radius 3 is 1.72 bits per heavy atom. The molecule has 0 saturated heterocycles. The molecule has 0 aliphatic carbocycles. The van der Waals surface area contributed by atoms with Gasteiger partial charge < -0.3 is 24.3 Å². The topological polar surface area (TPSA) is 109 Å². The van der Waals surface area contributed by atoms with Crippen LogP contribution in [0.2, 0.25) is 0 Å². The van der Waals surface area contributed by atoms with Gasteiger partial charge in [0.15, 0.2) is 0 Å². The van der Waals surface area contributed by atoms with Crippen molar-refractivity contribution < 1.29 is 36.3 Å². The first-order valence-electron chi connectivity index (χ1n) is 14.3. The first kappa shape index (κ1) is 34.2. The molecule has 0 aliphatic rings. The van der Waals surface area contributed by atoms with Gasteiger partial charge in [0.05, 0.1) is 38.8 Å². The number of amides is 1. The summed E-state index contributed by atoms with van der Waals surface area (Å²) in [6.45, 7) is 6.14. The van der Waals surface area contributed by atoms with Crippen LogP contribution in [0.5, 0.6) is 0 Å². The predicted molar refractivity (Wildman–Crippen MR) is 165 cm³/mol. The maximum Gasteiger partial charge on any atom is 0.407 e. The lowest BCUT2D eigenvalue weighted by molar-refractivity contribution is -0.140. The molecule has 1 N–H and O–H groups in total. The SMILES string of the molecule is CC(C)(C)OC(=O)NCC[C@@H](OCc1ccccc1)[C@H](OCc1ccccc1)[C@@H](COCc1ccccc1)OS(C)(=O)=O. The number of hydrogen-bond donors (Lipinski definition) is 1. The summed E-state index contributed by atoms with van der Waals surface area (Å²) >= 11 is 0. The van der Waals surface area contributed by atoms with Crippen LogP contribution in [-0.4, -0.2) is 57.8 Å². The molecule has 234 valence electrons. The Morgan fingerprint density at radius 2 is 1.23 bits per heavy atom. The van der Waals surface area contributed by atoms with E-state index in [2.05, 4.69) is 5.32 Å². The van der Waals surface area contributed by atoms with Gasteiger partial charge in [-0.1, -0.05) is 91.0 Å². The molecule has 0 heterocycles. The molecule has 0 saturated carbocycles. The van der Waals surface area contributed by atoms with E-state index in [1.165, 1.54) is 0 Å². The highest BCUT2D eigenvalue weighted by molar-refractivity contribution is 7.86. The molecule has 3 atom stereocenters. The number of ether oxygens (including phenoxy) is 4. The second kappa shape index (κ2) is 17.1. The van der Waals surface area contributed by atoms with Crippen LogP contribution in [0.3, 0.4) is 0 Å². The van der Waals surface area contributed by atoms with Crippen molar-refractivity contribution in [1.29, 1.82) is 0 Å². The minimum Gasteiger partial charge on any atom is -0.444 e. The summed E-state index contributed by atoms with van der Waals surface area (Å²) in [5.74, 6) is 0. The average Bonchev–Trinajstić information content (AvgIpc) is 2.95. The Morgan fingerprint density at radius 1 is 0.744 bits per heavy atom. The second-order valence-electron chi connectivity index (χ2n) is 11.2. The van der Waals surface area contributed by atoms with Crippen molar-refractivity contribution in [1.82, 2.24) is 5.32 Å². The number of carbonyl (C=O) groups is 1. The fraction of sp³-hybridized carbons (Fsp3) is 0.424. The van der Waals surface area contributed by atoms with Crippen LogP contribution in [0.4, 0.5) is 4.79 Å². The van der Waals surface area contributed by atoms with E-state index in [0.717, 1.165) is 22.9 Å². The van der Waals surface area contributed by atoms with Crippen LogP contribution in [0, 0.1) is 0 Å². The molecule has 0 aliphatic heterocycles. The normalized spacial score (nSPS) is 14.0. The van der Waals surface area contributed by atoms with Crippen LogP contribution < -0.4 is 5.32 Å². The number of hydrogen-bond acceptors (Lipinski definition) is 8. The van der Waals surface area contributed by atoms with Crippen LogP contribution >= 0.6 is 0 Å². The zero-order valence-electron chi connectivity index (χ0n) is 25.3. The monoisotopic (exact) mass is 613 g/mol. The highest BCUT2D eigenvalue weighted by Gasteiger charge is 2.35. The van der Waals surface area contributed by atoms with Gasteiger partial charge in [-0.2, -0.15) is 8.42 Å². The fourth-order valence-corrected chi connectivity index (χ4v) is 4.85. The zero-order chi connectivity index (χ0) is 31.1. The lowest BCUT2D eigenvalue weighted by Gasteiger charge is -2.33. The first-order chi connectivity index (χ1) is 20.5. The van der Waals surface area contributed by atoms with Crippen LogP contribution in [0.1, 0.15) is 43.9 Å². The summed E-state index contributed by atoms with van der Waals surface area (Å²) in [6, 6.07) is 28.7. The van der Waals surface area contributed by atoms with Gasteiger partial charge in [0, 0.05) is 6.54 Å². The Hall–Kier alpha value is -3.28. The molecule has 0 radical (unpaired) electrons. The summed E-state index contributed by atoms with van der Waals surface area (Å²) in [5, 5.41) is 2.76. The molecule has 3 rings (SSSR count). The number of alkyl carbamates (subject to hydrolysis) is 1. The van der Waals surface area contributed by atoms with E-state index in [1.54, 1.807) is 20.8 Å². The van der Waals surface area contributed by atoms with E-state index >= 15 is 0 Å². The third-order valence-corrected chi connectivity index (χ3v) is 6.71. The molecule has 0 aromatic heterocycles. The van der Waals surface area contributed by atoms with Gasteiger partial charge in [-0.15, -0.1) is 0 Å². The quantitative estimate of drug-likeness (QED) is 0.195. The molecule has 3 aromatic rings. The molecule has 43 heavy (non-hydrogen) atoms. The lowest BCUT2D eigenvalue weighted by Crippen LogP contribution is -2.47. The highest BCUT2D eigenvalue weighted by atomic mass is 32.2. The predicted octanol–water partition coefficient (Wildman–Crippen LogP) is 5.63. The van der Waals surface area contributed by atoms with E-state index in [9.17, 15) is 13.2 Å². The van der Waals surface area contributed by atoms with Crippen LogP contribution in [0.15, 0.2) is 91.0 Å². The fourth-order valence-electron chi connectivity index (χ4n) is 4.24. The van der Waals surface area contributed by atoms with E-state index < -0.39 is 40.1 Å². The standard InChI is InChI=1S/C33H43NO8S/c1-33(2,3)41-32(35)34-21-20-29(39-23-27-16-10-6-11-17-27)31(40-24-28-18-12-7-13-19-28)30(42-43(4,36)37)25-38-22-26-14-8-5-9-15-26/h5-19,29-31H,20-25H2,1-4H3,(H,34,35)/t29-,30-,31+/m1/s1. The van der Waals surface area contributed by atoms with Crippen molar-refractivity contribution in [2.45, 2.75) is 70.9 Å². The molecular weight excluding hydrogens is 570 g/mol. The molecule has 0 bridgehead atoms. The molecular formula is C33H43NO8S. The number of benzene rings is 3. The Balaban J connectivity index is 1.86. The van der Waals surface area contributed by atoms with Gasteiger partial charge >= 0.3 is 6.09 Å². The largest absolute Gasteiger partial charge is 0.444 e. The summed E-state index contributed by atoms with van der Waals surface area (Å²) in [7, 11) is -3.91. The van der Waals surface area contributed by atoms with Crippen LogP contribution in [-0.2, 0) is 53.1 Å². The summed E-state index contributed by atoms with van der Waals surface area (Å²) < 4.78 is 54.6. The van der Waals surface area contributed by atoms with Gasteiger partial charge in [-0.05, 0) is 43.9 Å². The number of rotatable bonds is 17. The van der Waals surface area contributed by atoms with E-state index in [-0.39, 0.29) is 39.4 Å². The van der Waals surface area contributed by atoms with Crippen molar-refractivity contribution in [2.75, 3.05) is 19.4 Å². The smallest absolute Gasteiger partial charge is 0.407 e. The van der Waals surface area contributed by atoms with Crippen molar-refractivity contribution in [2.24, 2.45) is 0 Å². The third kappa shape index (κ3) is 14.2. The van der Waals surface area contributed by atoms with Gasteiger partial charge in [0.1, 0.15) is 17.8 Å². The summed E-state index contributed by atoms with van der Waals surface area (Å²) in [4.78, 5) is 12.4. The summed E-state index contributed by atoms with van der Waals surface area (Å²) in [6.07, 6.45) is -1.89. The minimum atomic E-state index is -3.91. The van der Waals surface area contributed by atoms with Gasteiger partial charge in [-0.25, -0.2) is 4.79 Å². The molecule has 1 amide bonds. The van der Waals surface area contributed by atoms with Crippen molar-refractivity contribution in [3.8, 4) is 0 Å². The second-order valence-corrected chi connectivity index (χ2v) is 12.8. The molecule has 3 aromatic carbocycles. The molecule has 0 spiro atoms. The van der Waals surface area contributed by atoms with Crippen LogP contribution in [0.25, 0.3) is 0 Å². The Bertz CT molecular complexity index is 1320. The average molecular weight is 614 g/mol. The van der Waals surface area contributed by atoms with Crippen molar-refractivity contribution in [3.63, 3.8) is 0 Å². The van der Waals surface area contributed by atoms with E-state index in [0.29, 0.717) is 0 Å². The molecule has 0 fully saturated rings. The third-order valence-electron chi connectivity index (χ3n) is 6.11. The molecule has 9 nitrogen and oxygen atoms in total. The maximum atomic E-state index is 12.4. The Labute approximate surface area is 255 Å². The molecule has 0 unspecified atom stereocenters. The first-order valence-corrected chi connectivity index (χ1v) is 16.1. The minimum absolute atomic E-state index is 0.0773. The zero-order valence-corrected chi connectivity index (χ0v) is 26.1. The number of carbonyl (C=O) groups excluding carboxylic acids is 1.